The predicted octanol–water partition coefficient (Wildman–Crippen LogP) is 3.52. The molecule has 0 N–H and O–H groups in total. The van der Waals surface area contributed by atoms with E-state index in [0.29, 0.717) is 6.42 Å². The number of methoxy groups -OCH3 is 2. The summed E-state index contributed by atoms with van der Waals surface area (Å²) >= 11 is 0. The van der Waals surface area contributed by atoms with Gasteiger partial charge in [0.1, 0.15) is 11.5 Å². The standard InChI is InChI=1S/C21H26N2O3.ClH/c1-25-18-9-7-17(8-10-18)20(24)11-12-22-13-15-23(16-14-22)19-5-3-4-6-21(19)26-2;/h3-10H,11-16H2,1-2H3;1H. The van der Waals surface area contributed by atoms with Crippen molar-refractivity contribution in [2.24, 2.45) is 0 Å². The topological polar surface area (TPSA) is 42.0 Å². The van der Waals surface area contributed by atoms with E-state index in [-0.39, 0.29) is 18.2 Å². The average Bonchev–Trinajstić information content (AvgIpc) is 2.72. The fraction of sp³-hybridized carbons (Fsp3) is 0.381. The number of anilines is 1. The minimum atomic E-state index is 0. The van der Waals surface area contributed by atoms with E-state index in [1.807, 2.05) is 42.5 Å². The van der Waals surface area contributed by atoms with E-state index in [1.165, 1.54) is 0 Å². The van der Waals surface area contributed by atoms with Gasteiger partial charge in [-0.1, -0.05) is 12.1 Å². The lowest BCUT2D eigenvalue weighted by Gasteiger charge is -2.36. The molecule has 0 bridgehead atoms. The molecule has 1 aliphatic heterocycles. The average molecular weight is 391 g/mol. The number of halogens is 1. The van der Waals surface area contributed by atoms with E-state index < -0.39 is 0 Å². The zero-order chi connectivity index (χ0) is 18.4. The lowest BCUT2D eigenvalue weighted by molar-refractivity contribution is 0.0962. The number of rotatable bonds is 7. The van der Waals surface area contributed by atoms with Gasteiger partial charge in [-0.2, -0.15) is 0 Å². The van der Waals surface area contributed by atoms with Gasteiger partial charge in [0, 0.05) is 44.7 Å². The van der Waals surface area contributed by atoms with Crippen LogP contribution in [0.5, 0.6) is 11.5 Å². The van der Waals surface area contributed by atoms with Crippen LogP contribution in [0.25, 0.3) is 0 Å². The third-order valence-corrected chi connectivity index (χ3v) is 4.87. The smallest absolute Gasteiger partial charge is 0.164 e. The molecule has 27 heavy (non-hydrogen) atoms. The molecule has 5 nitrogen and oxygen atoms in total. The molecule has 1 aliphatic rings. The fourth-order valence-corrected chi connectivity index (χ4v) is 3.28. The number of para-hydroxylation sites is 2. The van der Waals surface area contributed by atoms with Gasteiger partial charge in [-0.05, 0) is 36.4 Å². The number of ether oxygens (including phenoxy) is 2. The van der Waals surface area contributed by atoms with Crippen molar-refractivity contribution in [2.45, 2.75) is 6.42 Å². The van der Waals surface area contributed by atoms with Crippen LogP contribution in [-0.2, 0) is 0 Å². The third kappa shape index (κ3) is 5.37. The summed E-state index contributed by atoms with van der Waals surface area (Å²) in [6, 6.07) is 15.5. The highest BCUT2D eigenvalue weighted by molar-refractivity contribution is 5.96. The van der Waals surface area contributed by atoms with Crippen LogP contribution in [0, 0.1) is 0 Å². The highest BCUT2D eigenvalue weighted by atomic mass is 35.5. The molecule has 0 radical (unpaired) electrons. The number of hydrogen-bond acceptors (Lipinski definition) is 5. The number of carbonyl (C=O) groups excluding carboxylic acids is 1. The quantitative estimate of drug-likeness (QED) is 0.676. The van der Waals surface area contributed by atoms with E-state index in [0.717, 1.165) is 55.5 Å². The van der Waals surface area contributed by atoms with Gasteiger partial charge in [-0.15, -0.1) is 12.4 Å². The Hall–Kier alpha value is -2.24. The lowest BCUT2D eigenvalue weighted by Crippen LogP contribution is -2.47. The molecule has 3 rings (SSSR count). The molecule has 146 valence electrons. The van der Waals surface area contributed by atoms with E-state index in [4.69, 9.17) is 9.47 Å². The molecule has 0 amide bonds. The van der Waals surface area contributed by atoms with Gasteiger partial charge in [0.2, 0.25) is 0 Å². The van der Waals surface area contributed by atoms with Crippen molar-refractivity contribution in [1.82, 2.24) is 4.90 Å². The summed E-state index contributed by atoms with van der Waals surface area (Å²) in [7, 11) is 3.33. The Balaban J connectivity index is 0.00000261. The third-order valence-electron chi connectivity index (χ3n) is 4.87. The molecule has 0 saturated carbocycles. The maximum absolute atomic E-state index is 12.4. The summed E-state index contributed by atoms with van der Waals surface area (Å²) in [5.74, 6) is 1.87. The Kier molecular flexibility index (Phi) is 7.95. The van der Waals surface area contributed by atoms with Crippen molar-refractivity contribution in [2.75, 3.05) is 51.8 Å². The molecule has 0 atom stereocenters. The summed E-state index contributed by atoms with van der Waals surface area (Å²) in [5, 5.41) is 0. The highest BCUT2D eigenvalue weighted by Gasteiger charge is 2.20. The first-order valence-corrected chi connectivity index (χ1v) is 8.99. The van der Waals surface area contributed by atoms with Gasteiger partial charge in [-0.25, -0.2) is 0 Å². The summed E-state index contributed by atoms with van der Waals surface area (Å²) in [5.41, 5.74) is 1.89. The highest BCUT2D eigenvalue weighted by Crippen LogP contribution is 2.28. The molecule has 1 fully saturated rings. The number of ketones is 1. The van der Waals surface area contributed by atoms with Crippen LogP contribution >= 0.6 is 12.4 Å². The van der Waals surface area contributed by atoms with Crippen molar-refractivity contribution < 1.29 is 14.3 Å². The van der Waals surface area contributed by atoms with Crippen molar-refractivity contribution in [3.8, 4) is 11.5 Å². The van der Waals surface area contributed by atoms with Crippen molar-refractivity contribution >= 4 is 23.9 Å². The molecule has 2 aromatic carbocycles. The number of Topliss-reactive ketones (excluding diaryl/α,β-unsaturated/α-hetero) is 1. The van der Waals surface area contributed by atoms with Gasteiger partial charge in [-0.3, -0.25) is 9.69 Å². The Morgan fingerprint density at radius 2 is 1.59 bits per heavy atom. The Morgan fingerprint density at radius 1 is 0.926 bits per heavy atom. The molecule has 2 aromatic rings. The zero-order valence-corrected chi connectivity index (χ0v) is 16.7. The van der Waals surface area contributed by atoms with E-state index in [1.54, 1.807) is 14.2 Å². The van der Waals surface area contributed by atoms with Crippen LogP contribution in [0.1, 0.15) is 16.8 Å². The minimum Gasteiger partial charge on any atom is -0.497 e. The molecule has 1 heterocycles. The van der Waals surface area contributed by atoms with Crippen LogP contribution in [0.15, 0.2) is 48.5 Å². The van der Waals surface area contributed by atoms with Gasteiger partial charge in [0.25, 0.3) is 0 Å². The van der Waals surface area contributed by atoms with Crippen LogP contribution in [0.4, 0.5) is 5.69 Å². The number of carbonyl (C=O) groups is 1. The number of benzene rings is 2. The minimum absolute atomic E-state index is 0. The number of piperazine rings is 1. The summed E-state index contributed by atoms with van der Waals surface area (Å²) in [4.78, 5) is 17.1. The van der Waals surface area contributed by atoms with Crippen molar-refractivity contribution in [3.05, 3.63) is 54.1 Å². The SMILES string of the molecule is COc1ccc(C(=O)CCN2CCN(c3ccccc3OC)CC2)cc1.Cl. The largest absolute Gasteiger partial charge is 0.497 e. The molecule has 0 unspecified atom stereocenters. The van der Waals surface area contributed by atoms with E-state index in [9.17, 15) is 4.79 Å². The molecule has 0 spiro atoms. The second-order valence-corrected chi connectivity index (χ2v) is 6.40. The number of hydrogen-bond donors (Lipinski definition) is 0. The molecular weight excluding hydrogens is 364 g/mol. The van der Waals surface area contributed by atoms with Gasteiger partial charge in [0.05, 0.1) is 19.9 Å². The molecule has 0 aromatic heterocycles. The summed E-state index contributed by atoms with van der Waals surface area (Å²) in [6.45, 7) is 4.58. The summed E-state index contributed by atoms with van der Waals surface area (Å²) < 4.78 is 10.6. The van der Waals surface area contributed by atoms with Gasteiger partial charge in [0.15, 0.2) is 5.78 Å². The normalized spacial score (nSPS) is 14.4. The Labute approximate surface area is 167 Å². The Morgan fingerprint density at radius 3 is 2.22 bits per heavy atom. The van der Waals surface area contributed by atoms with Crippen LogP contribution in [0.3, 0.4) is 0 Å². The first kappa shape index (κ1) is 21.1. The van der Waals surface area contributed by atoms with E-state index in [2.05, 4.69) is 15.9 Å². The molecular formula is C21H27ClN2O3. The lowest BCUT2D eigenvalue weighted by atomic mass is 10.1. The van der Waals surface area contributed by atoms with Crippen molar-refractivity contribution in [3.63, 3.8) is 0 Å². The second-order valence-electron chi connectivity index (χ2n) is 6.40. The van der Waals surface area contributed by atoms with Crippen LogP contribution < -0.4 is 14.4 Å². The maximum atomic E-state index is 12.4. The maximum Gasteiger partial charge on any atom is 0.164 e. The van der Waals surface area contributed by atoms with Crippen LogP contribution in [-0.4, -0.2) is 57.6 Å². The number of nitrogens with zero attached hydrogens (tertiary/aromatic N) is 2. The summed E-state index contributed by atoms with van der Waals surface area (Å²) in [6.07, 6.45) is 0.543. The van der Waals surface area contributed by atoms with E-state index >= 15 is 0 Å². The Bertz CT molecular complexity index is 728. The predicted molar refractivity (Wildman–Crippen MR) is 111 cm³/mol. The zero-order valence-electron chi connectivity index (χ0n) is 15.9. The van der Waals surface area contributed by atoms with Gasteiger partial charge >= 0.3 is 0 Å². The molecule has 0 aliphatic carbocycles. The monoisotopic (exact) mass is 390 g/mol. The first-order valence-electron chi connectivity index (χ1n) is 8.99. The second kappa shape index (κ2) is 10.2. The van der Waals surface area contributed by atoms with Crippen molar-refractivity contribution in [1.29, 1.82) is 0 Å². The fourth-order valence-electron chi connectivity index (χ4n) is 3.28. The molecule has 6 heteroatoms. The van der Waals surface area contributed by atoms with Crippen LogP contribution in [0.2, 0.25) is 0 Å². The van der Waals surface area contributed by atoms with Gasteiger partial charge < -0.3 is 14.4 Å². The first-order chi connectivity index (χ1) is 12.7. The molecule has 1 saturated heterocycles.